The van der Waals surface area contributed by atoms with E-state index >= 15 is 0 Å². The molecular formula is C9H18N4. The molecule has 1 rings (SSSR count). The van der Waals surface area contributed by atoms with E-state index in [1.54, 1.807) is 6.20 Å². The van der Waals surface area contributed by atoms with Gasteiger partial charge in [-0.3, -0.25) is 0 Å². The fourth-order valence-corrected chi connectivity index (χ4v) is 1.28. The van der Waals surface area contributed by atoms with Crippen LogP contribution in [0.15, 0.2) is 18.7 Å². The summed E-state index contributed by atoms with van der Waals surface area (Å²) in [5.41, 5.74) is 5.68. The van der Waals surface area contributed by atoms with Gasteiger partial charge < -0.3 is 15.2 Å². The molecule has 0 bridgehead atoms. The number of imidazole rings is 1. The Morgan fingerprint density at radius 2 is 2.31 bits per heavy atom. The summed E-state index contributed by atoms with van der Waals surface area (Å²) < 4.78 is 2.07. The van der Waals surface area contributed by atoms with Gasteiger partial charge in [0.25, 0.3) is 0 Å². The Balaban J connectivity index is 2.44. The largest absolute Gasteiger partial charge is 0.333 e. The Kier molecular flexibility index (Phi) is 3.92. The van der Waals surface area contributed by atoms with E-state index in [2.05, 4.69) is 28.5 Å². The van der Waals surface area contributed by atoms with Gasteiger partial charge in [0.2, 0.25) is 0 Å². The van der Waals surface area contributed by atoms with Crippen LogP contribution in [0.2, 0.25) is 0 Å². The van der Waals surface area contributed by atoms with E-state index in [9.17, 15) is 0 Å². The van der Waals surface area contributed by atoms with Gasteiger partial charge >= 0.3 is 0 Å². The summed E-state index contributed by atoms with van der Waals surface area (Å²) in [5.74, 6) is 0. The number of aromatic nitrogens is 2. The van der Waals surface area contributed by atoms with Crippen LogP contribution in [0.3, 0.4) is 0 Å². The Hall–Kier alpha value is -0.870. The third kappa shape index (κ3) is 3.16. The van der Waals surface area contributed by atoms with E-state index in [1.807, 2.05) is 12.5 Å². The zero-order valence-electron chi connectivity index (χ0n) is 8.35. The molecule has 0 radical (unpaired) electrons. The molecule has 0 aliphatic carbocycles. The van der Waals surface area contributed by atoms with E-state index in [0.717, 1.165) is 13.0 Å². The van der Waals surface area contributed by atoms with Crippen molar-refractivity contribution < 1.29 is 0 Å². The number of rotatable bonds is 5. The lowest BCUT2D eigenvalue weighted by Gasteiger charge is -2.18. The highest BCUT2D eigenvalue weighted by Gasteiger charge is 2.07. The Labute approximate surface area is 79.4 Å². The summed E-state index contributed by atoms with van der Waals surface area (Å²) in [6.07, 6.45) is 6.65. The van der Waals surface area contributed by atoms with Crippen molar-refractivity contribution in [2.75, 3.05) is 27.2 Å². The van der Waals surface area contributed by atoms with E-state index < -0.39 is 0 Å². The van der Waals surface area contributed by atoms with Crippen LogP contribution in [0.25, 0.3) is 0 Å². The first-order chi connectivity index (χ1) is 6.24. The fraction of sp³-hybridized carbons (Fsp3) is 0.667. The molecule has 1 unspecified atom stereocenters. The lowest BCUT2D eigenvalue weighted by atomic mass is 10.2. The number of nitrogens with two attached hydrogens (primary N) is 1. The van der Waals surface area contributed by atoms with Crippen molar-refractivity contribution >= 4 is 0 Å². The minimum Gasteiger partial charge on any atom is -0.333 e. The average Bonchev–Trinajstić information content (AvgIpc) is 2.58. The highest BCUT2D eigenvalue weighted by molar-refractivity contribution is 4.81. The third-order valence-electron chi connectivity index (χ3n) is 2.13. The second-order valence-electron chi connectivity index (χ2n) is 3.49. The van der Waals surface area contributed by atoms with Gasteiger partial charge in [-0.25, -0.2) is 4.98 Å². The van der Waals surface area contributed by atoms with E-state index in [4.69, 9.17) is 5.73 Å². The maximum atomic E-state index is 5.68. The maximum absolute atomic E-state index is 5.68. The van der Waals surface area contributed by atoms with E-state index in [1.165, 1.54) is 0 Å². The van der Waals surface area contributed by atoms with Crippen molar-refractivity contribution in [1.29, 1.82) is 0 Å². The molecule has 0 amide bonds. The zero-order valence-corrected chi connectivity index (χ0v) is 8.35. The molecule has 0 saturated carbocycles. The summed E-state index contributed by atoms with van der Waals surface area (Å²) in [7, 11) is 4.14. The van der Waals surface area contributed by atoms with Crippen LogP contribution in [-0.2, 0) is 0 Å². The smallest absolute Gasteiger partial charge is 0.0948 e. The molecule has 1 aromatic heterocycles. The van der Waals surface area contributed by atoms with Crippen molar-refractivity contribution in [2.24, 2.45) is 5.73 Å². The maximum Gasteiger partial charge on any atom is 0.0948 e. The SMILES string of the molecule is CN(C)CCC(CN)n1ccnc1. The monoisotopic (exact) mass is 182 g/mol. The second kappa shape index (κ2) is 4.99. The van der Waals surface area contributed by atoms with E-state index in [0.29, 0.717) is 12.6 Å². The quantitative estimate of drug-likeness (QED) is 0.714. The van der Waals surface area contributed by atoms with Gasteiger partial charge in [-0.2, -0.15) is 0 Å². The third-order valence-corrected chi connectivity index (χ3v) is 2.13. The van der Waals surface area contributed by atoms with Gasteiger partial charge in [-0.05, 0) is 27.1 Å². The molecule has 0 aromatic carbocycles. The molecule has 1 atom stereocenters. The minimum absolute atomic E-state index is 0.380. The molecular weight excluding hydrogens is 164 g/mol. The second-order valence-corrected chi connectivity index (χ2v) is 3.49. The Morgan fingerprint density at radius 1 is 1.54 bits per heavy atom. The van der Waals surface area contributed by atoms with Crippen LogP contribution >= 0.6 is 0 Å². The molecule has 0 aliphatic heterocycles. The molecule has 0 spiro atoms. The lowest BCUT2D eigenvalue weighted by molar-refractivity contribution is 0.350. The number of hydrogen-bond acceptors (Lipinski definition) is 3. The standard InChI is InChI=1S/C9H18N4/c1-12(2)5-3-9(7-10)13-6-4-11-8-13/h4,6,8-9H,3,5,7,10H2,1-2H3. The van der Waals surface area contributed by atoms with Gasteiger partial charge in [-0.15, -0.1) is 0 Å². The zero-order chi connectivity index (χ0) is 9.68. The van der Waals surface area contributed by atoms with Gasteiger partial charge in [0, 0.05) is 25.0 Å². The molecule has 74 valence electrons. The van der Waals surface area contributed by atoms with Crippen molar-refractivity contribution in [3.8, 4) is 0 Å². The molecule has 2 N–H and O–H groups in total. The predicted molar refractivity (Wildman–Crippen MR) is 53.5 cm³/mol. The number of nitrogens with zero attached hydrogens (tertiary/aromatic N) is 3. The highest BCUT2D eigenvalue weighted by atomic mass is 15.1. The minimum atomic E-state index is 0.380. The molecule has 0 fully saturated rings. The van der Waals surface area contributed by atoms with Crippen LogP contribution in [0.4, 0.5) is 0 Å². The summed E-state index contributed by atoms with van der Waals surface area (Å²) in [5, 5.41) is 0. The summed E-state index contributed by atoms with van der Waals surface area (Å²) in [6, 6.07) is 0.380. The predicted octanol–water partition coefficient (Wildman–Crippen LogP) is 0.335. The van der Waals surface area contributed by atoms with Crippen LogP contribution in [0.5, 0.6) is 0 Å². The molecule has 1 aromatic rings. The summed E-state index contributed by atoms with van der Waals surface area (Å²) in [6.45, 7) is 1.73. The van der Waals surface area contributed by atoms with Crippen molar-refractivity contribution in [2.45, 2.75) is 12.5 Å². The fourth-order valence-electron chi connectivity index (χ4n) is 1.28. The Bertz CT molecular complexity index is 218. The highest BCUT2D eigenvalue weighted by Crippen LogP contribution is 2.08. The van der Waals surface area contributed by atoms with Crippen LogP contribution < -0.4 is 5.73 Å². The van der Waals surface area contributed by atoms with Crippen LogP contribution in [-0.4, -0.2) is 41.6 Å². The molecule has 4 nitrogen and oxygen atoms in total. The van der Waals surface area contributed by atoms with Crippen LogP contribution in [0, 0.1) is 0 Å². The summed E-state index contributed by atoms with van der Waals surface area (Å²) >= 11 is 0. The van der Waals surface area contributed by atoms with Crippen LogP contribution in [0.1, 0.15) is 12.5 Å². The van der Waals surface area contributed by atoms with E-state index in [-0.39, 0.29) is 0 Å². The van der Waals surface area contributed by atoms with Crippen molar-refractivity contribution in [3.05, 3.63) is 18.7 Å². The molecule has 0 saturated heterocycles. The summed E-state index contributed by atoms with van der Waals surface area (Å²) in [4.78, 5) is 6.18. The molecule has 13 heavy (non-hydrogen) atoms. The topological polar surface area (TPSA) is 47.1 Å². The lowest BCUT2D eigenvalue weighted by Crippen LogP contribution is -2.23. The first kappa shape index (κ1) is 10.2. The molecule has 1 heterocycles. The first-order valence-electron chi connectivity index (χ1n) is 4.56. The van der Waals surface area contributed by atoms with Gasteiger partial charge in [0.05, 0.1) is 6.33 Å². The Morgan fingerprint density at radius 3 is 2.77 bits per heavy atom. The van der Waals surface area contributed by atoms with Crippen molar-refractivity contribution in [1.82, 2.24) is 14.5 Å². The van der Waals surface area contributed by atoms with Gasteiger partial charge in [0.1, 0.15) is 0 Å². The van der Waals surface area contributed by atoms with Crippen molar-refractivity contribution in [3.63, 3.8) is 0 Å². The number of hydrogen-bond donors (Lipinski definition) is 1. The first-order valence-corrected chi connectivity index (χ1v) is 4.56. The van der Waals surface area contributed by atoms with Gasteiger partial charge in [-0.1, -0.05) is 0 Å². The molecule has 4 heteroatoms. The average molecular weight is 182 g/mol. The normalized spacial score (nSPS) is 13.5. The van der Waals surface area contributed by atoms with Gasteiger partial charge in [0.15, 0.2) is 0 Å². The molecule has 0 aliphatic rings.